The van der Waals surface area contributed by atoms with Crippen LogP contribution in [0, 0.1) is 17.8 Å². The Kier molecular flexibility index (Phi) is 6.10. The molecule has 3 atom stereocenters. The van der Waals surface area contributed by atoms with Gasteiger partial charge in [0.15, 0.2) is 0 Å². The molecule has 0 saturated heterocycles. The lowest BCUT2D eigenvalue weighted by molar-refractivity contribution is 0.0187. The van der Waals surface area contributed by atoms with Gasteiger partial charge in [-0.15, -0.1) is 0 Å². The summed E-state index contributed by atoms with van der Waals surface area (Å²) in [5.74, 6) is 8.58. The molecule has 3 unspecified atom stereocenters. The molecule has 0 aromatic heterocycles. The van der Waals surface area contributed by atoms with E-state index in [1.807, 2.05) is 0 Å². The van der Waals surface area contributed by atoms with Gasteiger partial charge in [-0.25, -0.2) is 0 Å². The van der Waals surface area contributed by atoms with Gasteiger partial charge >= 0.3 is 0 Å². The second-order valence-corrected chi connectivity index (χ2v) is 7.80. The Bertz CT molecular complexity index is 298. The normalized spacial score (nSPS) is 34.3. The van der Waals surface area contributed by atoms with Gasteiger partial charge in [-0.3, -0.25) is 16.2 Å². The van der Waals surface area contributed by atoms with Crippen LogP contribution in [-0.2, 0) is 0 Å². The molecular weight excluding hydrogens is 258 g/mol. The first kappa shape index (κ1) is 17.2. The van der Waals surface area contributed by atoms with Gasteiger partial charge in [0.05, 0.1) is 0 Å². The zero-order chi connectivity index (χ0) is 15.5. The van der Waals surface area contributed by atoms with Gasteiger partial charge in [-0.05, 0) is 62.9 Å². The zero-order valence-corrected chi connectivity index (χ0v) is 14.7. The maximum atomic E-state index is 6.13. The lowest BCUT2D eigenvalue weighted by Crippen LogP contribution is -2.64. The van der Waals surface area contributed by atoms with Gasteiger partial charge < -0.3 is 0 Å². The summed E-state index contributed by atoms with van der Waals surface area (Å²) in [4.78, 5) is 2.70. The molecule has 0 heterocycles. The smallest absolute Gasteiger partial charge is 0.0423 e. The fourth-order valence-corrected chi connectivity index (χ4v) is 5.68. The lowest BCUT2D eigenvalue weighted by Gasteiger charge is -2.50. The molecule has 0 radical (unpaired) electrons. The highest BCUT2D eigenvalue weighted by Gasteiger charge is 2.48. The predicted octanol–water partition coefficient (Wildman–Crippen LogP) is 3.55. The monoisotopic (exact) mass is 295 g/mol. The van der Waals surface area contributed by atoms with Crippen LogP contribution < -0.4 is 11.3 Å². The molecule has 2 rings (SSSR count). The minimum absolute atomic E-state index is 0.305. The summed E-state index contributed by atoms with van der Waals surface area (Å²) in [7, 11) is 0. The van der Waals surface area contributed by atoms with E-state index >= 15 is 0 Å². The van der Waals surface area contributed by atoms with Crippen LogP contribution >= 0.6 is 0 Å². The van der Waals surface area contributed by atoms with Crippen molar-refractivity contribution in [3.05, 3.63) is 0 Å². The molecule has 0 bridgehead atoms. The standard InChI is InChI=1S/C18H37N3/c1-5-21(6-2)18(9-7-8-10-18)17(20-19)16-12-14(3)11-15(4)13-16/h14-17,20H,5-13,19H2,1-4H3. The van der Waals surface area contributed by atoms with Crippen molar-refractivity contribution in [1.82, 2.24) is 10.3 Å². The number of nitrogens with two attached hydrogens (primary N) is 1. The number of nitrogens with zero attached hydrogens (tertiary/aromatic N) is 1. The SMILES string of the molecule is CCN(CC)C1(C(NN)C2CC(C)CC(C)C2)CCCC1. The van der Waals surface area contributed by atoms with E-state index in [1.54, 1.807) is 0 Å². The third-order valence-electron chi connectivity index (χ3n) is 6.31. The quantitative estimate of drug-likeness (QED) is 0.581. The van der Waals surface area contributed by atoms with E-state index in [1.165, 1.54) is 44.9 Å². The second kappa shape index (κ2) is 7.43. The van der Waals surface area contributed by atoms with E-state index in [9.17, 15) is 0 Å². The minimum atomic E-state index is 0.305. The van der Waals surface area contributed by atoms with Crippen LogP contribution in [0.4, 0.5) is 0 Å². The minimum Gasteiger partial charge on any atom is -0.297 e. The van der Waals surface area contributed by atoms with Crippen molar-refractivity contribution in [2.75, 3.05) is 13.1 Å². The Morgan fingerprint density at radius 2 is 1.57 bits per heavy atom. The van der Waals surface area contributed by atoms with Crippen LogP contribution in [-0.4, -0.2) is 29.6 Å². The summed E-state index contributed by atoms with van der Waals surface area (Å²) >= 11 is 0. The van der Waals surface area contributed by atoms with Crippen molar-refractivity contribution in [3.8, 4) is 0 Å². The van der Waals surface area contributed by atoms with Crippen LogP contribution in [0.5, 0.6) is 0 Å². The van der Waals surface area contributed by atoms with Gasteiger partial charge in [0.25, 0.3) is 0 Å². The van der Waals surface area contributed by atoms with Crippen molar-refractivity contribution < 1.29 is 0 Å². The first-order valence-electron chi connectivity index (χ1n) is 9.28. The molecule has 124 valence electrons. The van der Waals surface area contributed by atoms with Crippen molar-refractivity contribution in [1.29, 1.82) is 0 Å². The maximum Gasteiger partial charge on any atom is 0.0423 e. The van der Waals surface area contributed by atoms with Crippen molar-refractivity contribution in [2.24, 2.45) is 23.6 Å². The van der Waals surface area contributed by atoms with Gasteiger partial charge in [0.2, 0.25) is 0 Å². The van der Waals surface area contributed by atoms with E-state index < -0.39 is 0 Å². The summed E-state index contributed by atoms with van der Waals surface area (Å²) in [5, 5.41) is 0. The fourth-order valence-electron chi connectivity index (χ4n) is 5.68. The average molecular weight is 296 g/mol. The molecule has 3 nitrogen and oxygen atoms in total. The highest BCUT2D eigenvalue weighted by atomic mass is 15.3. The van der Waals surface area contributed by atoms with Gasteiger partial charge in [0.1, 0.15) is 0 Å². The van der Waals surface area contributed by atoms with Gasteiger partial charge in [0, 0.05) is 11.6 Å². The Hall–Kier alpha value is -0.120. The van der Waals surface area contributed by atoms with Crippen molar-refractivity contribution in [3.63, 3.8) is 0 Å². The van der Waals surface area contributed by atoms with Crippen LogP contribution in [0.3, 0.4) is 0 Å². The number of hydrazine groups is 1. The van der Waals surface area contributed by atoms with E-state index in [0.29, 0.717) is 11.6 Å². The summed E-state index contributed by atoms with van der Waals surface area (Å²) in [6, 6.07) is 0.463. The molecular formula is C18H37N3. The maximum absolute atomic E-state index is 6.13. The van der Waals surface area contributed by atoms with Gasteiger partial charge in [-0.1, -0.05) is 40.5 Å². The van der Waals surface area contributed by atoms with Crippen molar-refractivity contribution >= 4 is 0 Å². The highest BCUT2D eigenvalue weighted by molar-refractivity contribution is 5.06. The van der Waals surface area contributed by atoms with Crippen molar-refractivity contribution in [2.45, 2.75) is 84.2 Å². The molecule has 2 saturated carbocycles. The summed E-state index contributed by atoms with van der Waals surface area (Å²) in [6.45, 7) is 11.8. The van der Waals surface area contributed by atoms with E-state index in [0.717, 1.165) is 30.8 Å². The fraction of sp³-hybridized carbons (Fsp3) is 1.00. The Labute approximate surface area is 132 Å². The molecule has 3 N–H and O–H groups in total. The largest absolute Gasteiger partial charge is 0.297 e. The van der Waals surface area contributed by atoms with Crippen LogP contribution in [0.15, 0.2) is 0 Å². The molecule has 2 aliphatic carbocycles. The van der Waals surface area contributed by atoms with E-state index in [2.05, 4.69) is 38.0 Å². The molecule has 0 aromatic rings. The number of hydrogen-bond donors (Lipinski definition) is 2. The molecule has 21 heavy (non-hydrogen) atoms. The lowest BCUT2D eigenvalue weighted by atomic mass is 9.68. The number of hydrogen-bond acceptors (Lipinski definition) is 3. The van der Waals surface area contributed by atoms with E-state index in [4.69, 9.17) is 5.84 Å². The van der Waals surface area contributed by atoms with E-state index in [-0.39, 0.29) is 0 Å². The molecule has 3 heteroatoms. The first-order valence-corrected chi connectivity index (χ1v) is 9.28. The summed E-state index contributed by atoms with van der Waals surface area (Å²) in [5.41, 5.74) is 3.61. The third kappa shape index (κ3) is 3.46. The zero-order valence-electron chi connectivity index (χ0n) is 14.7. The topological polar surface area (TPSA) is 41.3 Å². The molecule has 0 amide bonds. The predicted molar refractivity (Wildman–Crippen MR) is 90.9 cm³/mol. The number of rotatable bonds is 6. The highest BCUT2D eigenvalue weighted by Crippen LogP contribution is 2.45. The van der Waals surface area contributed by atoms with Crippen LogP contribution in [0.2, 0.25) is 0 Å². The summed E-state index contributed by atoms with van der Waals surface area (Å²) in [6.07, 6.45) is 9.47. The molecule has 2 fully saturated rings. The third-order valence-corrected chi connectivity index (χ3v) is 6.31. The Balaban J connectivity index is 2.23. The van der Waals surface area contributed by atoms with Crippen LogP contribution in [0.1, 0.15) is 72.6 Å². The molecule has 2 aliphatic rings. The molecule has 0 aliphatic heterocycles. The second-order valence-electron chi connectivity index (χ2n) is 7.80. The average Bonchev–Trinajstić information content (AvgIpc) is 2.90. The summed E-state index contributed by atoms with van der Waals surface area (Å²) < 4.78 is 0. The van der Waals surface area contributed by atoms with Gasteiger partial charge in [-0.2, -0.15) is 0 Å². The van der Waals surface area contributed by atoms with Crippen LogP contribution in [0.25, 0.3) is 0 Å². The Morgan fingerprint density at radius 3 is 2.00 bits per heavy atom. The number of nitrogens with one attached hydrogen (secondary N) is 1. The molecule has 0 aromatic carbocycles. The molecule has 0 spiro atoms. The number of likely N-dealkylation sites (N-methyl/N-ethyl adjacent to an activating group) is 1. The first-order chi connectivity index (χ1) is 10.1. The Morgan fingerprint density at radius 1 is 1.05 bits per heavy atom.